The Balaban J connectivity index is 4.11. The molecule has 0 rings (SSSR count). The van der Waals surface area contributed by atoms with E-state index in [1.54, 1.807) is 0 Å². The third-order valence-corrected chi connectivity index (χ3v) is 6.80. The van der Waals surface area contributed by atoms with Crippen molar-refractivity contribution in [2.75, 3.05) is 0 Å². The van der Waals surface area contributed by atoms with Crippen LogP contribution >= 0.6 is 0 Å². The molecular weight excluding hydrogens is 336 g/mol. The van der Waals surface area contributed by atoms with Crippen molar-refractivity contribution < 1.29 is 0 Å². The summed E-state index contributed by atoms with van der Waals surface area (Å²) < 4.78 is 0. The minimum absolute atomic E-state index is 0.670. The van der Waals surface area contributed by atoms with Crippen LogP contribution < -0.4 is 0 Å². The fourth-order valence-electron chi connectivity index (χ4n) is 4.85. The number of allylic oxidation sites excluding steroid dienone is 1. The van der Waals surface area contributed by atoms with Crippen LogP contribution in [0, 0.1) is 35.5 Å². The Kier molecular flexibility index (Phi) is 17.4. The molecule has 0 radical (unpaired) electrons. The van der Waals surface area contributed by atoms with Gasteiger partial charge in [-0.25, -0.2) is 0 Å². The molecular formula is C28H56. The van der Waals surface area contributed by atoms with Crippen molar-refractivity contribution in [3.8, 4) is 0 Å². The van der Waals surface area contributed by atoms with Gasteiger partial charge in [-0.2, -0.15) is 0 Å². The fourth-order valence-corrected chi connectivity index (χ4v) is 4.85. The molecule has 0 spiro atoms. The Hall–Kier alpha value is -0.260. The van der Waals surface area contributed by atoms with E-state index >= 15 is 0 Å². The van der Waals surface area contributed by atoms with Crippen molar-refractivity contribution in [3.63, 3.8) is 0 Å². The van der Waals surface area contributed by atoms with Crippen molar-refractivity contribution >= 4 is 0 Å². The van der Waals surface area contributed by atoms with Gasteiger partial charge < -0.3 is 0 Å². The van der Waals surface area contributed by atoms with Gasteiger partial charge in [0.1, 0.15) is 0 Å². The summed E-state index contributed by atoms with van der Waals surface area (Å²) in [6.07, 6.45) is 20.6. The van der Waals surface area contributed by atoms with E-state index in [9.17, 15) is 0 Å². The number of unbranched alkanes of at least 4 members (excludes halogenated alkanes) is 1. The highest BCUT2D eigenvalue weighted by atomic mass is 14.2. The third kappa shape index (κ3) is 16.7. The molecule has 0 saturated carbocycles. The maximum atomic E-state index is 3.94. The number of rotatable bonds is 19. The molecule has 0 saturated heterocycles. The summed E-state index contributed by atoms with van der Waals surface area (Å²) in [6, 6.07) is 0. The van der Waals surface area contributed by atoms with Gasteiger partial charge in [-0.1, -0.05) is 125 Å². The monoisotopic (exact) mass is 392 g/mol. The van der Waals surface area contributed by atoms with E-state index in [1.807, 2.05) is 0 Å². The Morgan fingerprint density at radius 1 is 0.607 bits per heavy atom. The van der Waals surface area contributed by atoms with Crippen molar-refractivity contribution in [2.45, 2.75) is 132 Å². The standard InChI is InChI=1S/C28H56/c1-9-11-17-28(20-19-25(6)15-12-14-23(3)4)18-13-16-26(7)22-27(8)21-24(5)10-2/h10,23-28H,2,9,11-22H2,1,3-8H3. The van der Waals surface area contributed by atoms with E-state index in [-0.39, 0.29) is 0 Å². The van der Waals surface area contributed by atoms with Gasteiger partial charge in [0.25, 0.3) is 0 Å². The Labute approximate surface area is 180 Å². The molecule has 0 heterocycles. The van der Waals surface area contributed by atoms with Crippen LogP contribution in [0.15, 0.2) is 12.7 Å². The first kappa shape index (κ1) is 27.7. The zero-order chi connectivity index (χ0) is 21.4. The van der Waals surface area contributed by atoms with Gasteiger partial charge in [0.2, 0.25) is 0 Å². The van der Waals surface area contributed by atoms with Crippen LogP contribution in [0.5, 0.6) is 0 Å². The minimum atomic E-state index is 0.670. The lowest BCUT2D eigenvalue weighted by molar-refractivity contribution is 0.311. The molecule has 5 unspecified atom stereocenters. The van der Waals surface area contributed by atoms with Crippen molar-refractivity contribution in [3.05, 3.63) is 12.7 Å². The molecule has 0 fully saturated rings. The zero-order valence-electron chi connectivity index (χ0n) is 20.9. The third-order valence-electron chi connectivity index (χ3n) is 6.80. The molecule has 5 atom stereocenters. The van der Waals surface area contributed by atoms with Crippen molar-refractivity contribution in [1.29, 1.82) is 0 Å². The first-order valence-corrected chi connectivity index (χ1v) is 12.9. The highest BCUT2D eigenvalue weighted by Crippen LogP contribution is 2.28. The van der Waals surface area contributed by atoms with E-state index in [0.717, 1.165) is 29.6 Å². The summed E-state index contributed by atoms with van der Waals surface area (Å²) in [4.78, 5) is 0. The lowest BCUT2D eigenvalue weighted by Crippen LogP contribution is -2.08. The second-order valence-corrected chi connectivity index (χ2v) is 10.8. The molecule has 0 amide bonds. The van der Waals surface area contributed by atoms with Gasteiger partial charge >= 0.3 is 0 Å². The Morgan fingerprint density at radius 3 is 1.82 bits per heavy atom. The molecule has 168 valence electrons. The number of hydrogen-bond acceptors (Lipinski definition) is 0. The summed E-state index contributed by atoms with van der Waals surface area (Å²) in [6.45, 7) is 20.7. The average Bonchev–Trinajstić information content (AvgIpc) is 2.62. The van der Waals surface area contributed by atoms with Gasteiger partial charge in [-0.3, -0.25) is 0 Å². The SMILES string of the molecule is C=CC(C)CC(C)CC(C)CCCC(CCCC)CCC(C)CCCC(C)C. The van der Waals surface area contributed by atoms with Gasteiger partial charge in [0, 0.05) is 0 Å². The molecule has 0 bridgehead atoms. The van der Waals surface area contributed by atoms with Crippen LogP contribution in [-0.2, 0) is 0 Å². The summed E-state index contributed by atoms with van der Waals surface area (Å²) >= 11 is 0. The lowest BCUT2D eigenvalue weighted by Gasteiger charge is -2.22. The summed E-state index contributed by atoms with van der Waals surface area (Å²) in [5, 5.41) is 0. The van der Waals surface area contributed by atoms with E-state index in [4.69, 9.17) is 0 Å². The highest BCUT2D eigenvalue weighted by Gasteiger charge is 2.14. The fraction of sp³-hybridized carbons (Fsp3) is 0.929. The van der Waals surface area contributed by atoms with E-state index in [2.05, 4.69) is 61.1 Å². The topological polar surface area (TPSA) is 0 Å². The minimum Gasteiger partial charge on any atom is -0.103 e. The molecule has 0 aromatic heterocycles. The summed E-state index contributed by atoms with van der Waals surface area (Å²) in [5.41, 5.74) is 0. The van der Waals surface area contributed by atoms with E-state index in [0.29, 0.717) is 5.92 Å². The highest BCUT2D eigenvalue weighted by molar-refractivity contribution is 4.77. The molecule has 0 aromatic rings. The van der Waals surface area contributed by atoms with Gasteiger partial charge in [-0.15, -0.1) is 6.58 Å². The second kappa shape index (κ2) is 17.6. The Bertz CT molecular complexity index is 342. The van der Waals surface area contributed by atoms with Gasteiger partial charge in [0.05, 0.1) is 0 Å². The second-order valence-electron chi connectivity index (χ2n) is 10.8. The normalized spacial score (nSPS) is 17.3. The molecule has 0 aromatic carbocycles. The van der Waals surface area contributed by atoms with Crippen LogP contribution in [0.3, 0.4) is 0 Å². The first-order valence-electron chi connectivity index (χ1n) is 12.9. The molecule has 0 aliphatic heterocycles. The zero-order valence-corrected chi connectivity index (χ0v) is 20.9. The predicted octanol–water partition coefficient (Wildman–Crippen LogP) is 10.1. The van der Waals surface area contributed by atoms with Crippen molar-refractivity contribution in [1.82, 2.24) is 0 Å². The van der Waals surface area contributed by atoms with E-state index < -0.39 is 0 Å². The maximum absolute atomic E-state index is 3.94. The van der Waals surface area contributed by atoms with Crippen LogP contribution in [-0.4, -0.2) is 0 Å². The van der Waals surface area contributed by atoms with Crippen LogP contribution in [0.2, 0.25) is 0 Å². The molecule has 0 nitrogen and oxygen atoms in total. The summed E-state index contributed by atoms with van der Waals surface area (Å²) in [7, 11) is 0. The summed E-state index contributed by atoms with van der Waals surface area (Å²) in [5.74, 6) is 5.17. The number of hydrogen-bond donors (Lipinski definition) is 0. The van der Waals surface area contributed by atoms with Crippen LogP contribution in [0.4, 0.5) is 0 Å². The predicted molar refractivity (Wildman–Crippen MR) is 131 cm³/mol. The Morgan fingerprint density at radius 2 is 1.21 bits per heavy atom. The molecule has 0 aliphatic rings. The molecule has 28 heavy (non-hydrogen) atoms. The van der Waals surface area contributed by atoms with Crippen LogP contribution in [0.25, 0.3) is 0 Å². The molecule has 0 heteroatoms. The quantitative estimate of drug-likeness (QED) is 0.192. The molecule has 0 aliphatic carbocycles. The smallest absolute Gasteiger partial charge is 0.0262 e. The first-order chi connectivity index (χ1) is 13.3. The van der Waals surface area contributed by atoms with E-state index in [1.165, 1.54) is 83.5 Å². The average molecular weight is 393 g/mol. The van der Waals surface area contributed by atoms with Crippen molar-refractivity contribution in [2.24, 2.45) is 35.5 Å². The van der Waals surface area contributed by atoms with Gasteiger partial charge in [-0.05, 0) is 48.3 Å². The molecule has 0 N–H and O–H groups in total. The maximum Gasteiger partial charge on any atom is -0.0262 e. The van der Waals surface area contributed by atoms with Gasteiger partial charge in [0.15, 0.2) is 0 Å². The largest absolute Gasteiger partial charge is 0.103 e. The lowest BCUT2D eigenvalue weighted by atomic mass is 9.84. The van der Waals surface area contributed by atoms with Crippen LogP contribution in [0.1, 0.15) is 132 Å².